The maximum absolute atomic E-state index is 12.6. The summed E-state index contributed by atoms with van der Waals surface area (Å²) in [6.45, 7) is 22.6. The van der Waals surface area contributed by atoms with Crippen LogP contribution >= 0.6 is 0 Å². The third-order valence-electron chi connectivity index (χ3n) is 22.7. The highest BCUT2D eigenvalue weighted by molar-refractivity contribution is 5.59. The van der Waals surface area contributed by atoms with E-state index in [4.69, 9.17) is 0 Å². The summed E-state index contributed by atoms with van der Waals surface area (Å²) in [6, 6.07) is 65.2. The largest absolute Gasteiger partial charge is 0.508 e. The second-order valence-electron chi connectivity index (χ2n) is 28.9. The van der Waals surface area contributed by atoms with E-state index in [2.05, 4.69) is 46.8 Å². The molecular formula is C92H98O11. The molecule has 0 spiro atoms. The predicted molar refractivity (Wildman–Crippen MR) is 412 cm³/mol. The third-order valence-corrected chi connectivity index (χ3v) is 22.7. The number of phenols is 11. The number of hydrogen-bond donors (Lipinski definition) is 11. The minimum atomic E-state index is -0.360. The Morgan fingerprint density at radius 1 is 0.214 bits per heavy atom. The van der Waals surface area contributed by atoms with Crippen molar-refractivity contribution in [3.63, 3.8) is 0 Å². The first-order valence-corrected chi connectivity index (χ1v) is 36.2. The van der Waals surface area contributed by atoms with Crippen LogP contribution in [0, 0.1) is 6.92 Å². The molecule has 11 N–H and O–H groups in total. The fourth-order valence-electron chi connectivity index (χ4n) is 15.5. The van der Waals surface area contributed by atoms with Gasteiger partial charge in [-0.2, -0.15) is 0 Å². The van der Waals surface area contributed by atoms with Crippen molar-refractivity contribution in [2.24, 2.45) is 0 Å². The Hall–Kier alpha value is -10.8. The predicted octanol–water partition coefficient (Wildman–Crippen LogP) is 22.2. The number of benzene rings is 11. The molecule has 0 saturated heterocycles. The number of phenolic OH excluding ortho intramolecular Hbond substituents is 11. The first-order valence-electron chi connectivity index (χ1n) is 36.2. The molecule has 0 aliphatic rings. The molecule has 11 aromatic carbocycles. The van der Waals surface area contributed by atoms with Gasteiger partial charge >= 0.3 is 0 Å². The molecule has 0 fully saturated rings. The lowest BCUT2D eigenvalue weighted by atomic mass is 9.76. The zero-order valence-electron chi connectivity index (χ0n) is 60.8. The van der Waals surface area contributed by atoms with Crippen LogP contribution in [-0.4, -0.2) is 56.2 Å². The van der Waals surface area contributed by atoms with E-state index in [1.165, 1.54) is 0 Å². The van der Waals surface area contributed by atoms with Gasteiger partial charge in [-0.25, -0.2) is 0 Å². The molecule has 0 saturated carbocycles. The topological polar surface area (TPSA) is 223 Å². The Kier molecular flexibility index (Phi) is 22.3. The summed E-state index contributed by atoms with van der Waals surface area (Å²) in [5, 5.41) is 123. The van der Waals surface area contributed by atoms with Gasteiger partial charge in [0.25, 0.3) is 0 Å². The lowest BCUT2D eigenvalue weighted by molar-refractivity contribution is 0.443. The maximum Gasteiger partial charge on any atom is 0.123 e. The van der Waals surface area contributed by atoms with Crippen molar-refractivity contribution < 1.29 is 56.2 Å². The molecule has 0 aliphatic carbocycles. The van der Waals surface area contributed by atoms with Gasteiger partial charge in [0.1, 0.15) is 63.2 Å². The molecule has 0 aliphatic heterocycles. The van der Waals surface area contributed by atoms with Crippen molar-refractivity contribution in [1.82, 2.24) is 0 Å². The molecule has 11 nitrogen and oxygen atoms in total. The van der Waals surface area contributed by atoms with Crippen molar-refractivity contribution in [3.05, 3.63) is 324 Å². The van der Waals surface area contributed by atoms with Crippen LogP contribution in [0.15, 0.2) is 212 Å². The first-order chi connectivity index (χ1) is 49.2. The minimum Gasteiger partial charge on any atom is -0.508 e. The van der Waals surface area contributed by atoms with Crippen LogP contribution in [0.1, 0.15) is 271 Å². The van der Waals surface area contributed by atoms with Crippen molar-refractivity contribution in [2.45, 2.75) is 167 Å². The van der Waals surface area contributed by atoms with Gasteiger partial charge in [-0.15, -0.1) is 0 Å². The fraction of sp³-hybridized carbons (Fsp3) is 0.283. The second kappa shape index (κ2) is 31.2. The van der Waals surface area contributed by atoms with E-state index < -0.39 is 0 Å². The van der Waals surface area contributed by atoms with Gasteiger partial charge in [-0.1, -0.05) is 203 Å². The van der Waals surface area contributed by atoms with E-state index in [9.17, 15) is 56.2 Å². The smallest absolute Gasteiger partial charge is 0.123 e. The van der Waals surface area contributed by atoms with Crippen LogP contribution in [0.25, 0.3) is 0 Å². The summed E-state index contributed by atoms with van der Waals surface area (Å²) in [5.74, 6) is -0.692. The first kappa shape index (κ1) is 73.4. The highest BCUT2D eigenvalue weighted by atomic mass is 16.3. The molecule has 11 unspecified atom stereocenters. The zero-order chi connectivity index (χ0) is 73.8. The molecule has 11 rings (SSSR count). The Labute approximate surface area is 606 Å². The van der Waals surface area contributed by atoms with Crippen LogP contribution in [0.3, 0.4) is 0 Å². The van der Waals surface area contributed by atoms with E-state index in [0.717, 1.165) is 104 Å². The molecule has 532 valence electrons. The standard InChI is InChI=1S/C92H98O11/c1-12-60(69-25-38-89(100)80(45-69)55(7)67-23-36-88(99)79(43-67)58(10)71-47-82(53(5)63-16-29-75(94)30-17-63)91(102)83(48-71)54(6)64-18-31-76(95)32-19-64)41-73(65-20-33-77(96)34-21-65)42-61(13-2)70-26-39-90(101)81(46-70)59(11)72-49-84(56(8)66-22-35-86(97)51(3)40-66)92(103)85(50-72)57(9)68-24-37-87(98)78(44-68)52(4)62-14-27-74(93)28-15-62/h14-40,43-50,52-61,73,93-103H,12-13,41-42H2,1-11H3. The van der Waals surface area contributed by atoms with Crippen molar-refractivity contribution in [1.29, 1.82) is 0 Å². The van der Waals surface area contributed by atoms with Crippen LogP contribution in [0.5, 0.6) is 63.2 Å². The number of rotatable bonds is 25. The summed E-state index contributed by atoms with van der Waals surface area (Å²) >= 11 is 0. The monoisotopic (exact) mass is 1380 g/mol. The summed E-state index contributed by atoms with van der Waals surface area (Å²) in [4.78, 5) is 0. The highest BCUT2D eigenvalue weighted by Crippen LogP contribution is 2.49. The van der Waals surface area contributed by atoms with Crippen molar-refractivity contribution in [2.75, 3.05) is 0 Å². The maximum atomic E-state index is 12.6. The van der Waals surface area contributed by atoms with Gasteiger partial charge < -0.3 is 56.2 Å². The Morgan fingerprint density at radius 3 is 0.728 bits per heavy atom. The summed E-state index contributed by atoms with van der Waals surface area (Å²) in [5.41, 5.74) is 16.8. The lowest BCUT2D eigenvalue weighted by Crippen LogP contribution is -2.12. The van der Waals surface area contributed by atoms with Crippen molar-refractivity contribution in [3.8, 4) is 63.2 Å². The van der Waals surface area contributed by atoms with Gasteiger partial charge in [0.05, 0.1) is 0 Å². The molecule has 11 atom stereocenters. The van der Waals surface area contributed by atoms with Gasteiger partial charge in [-0.05, 0) is 196 Å². The summed E-state index contributed by atoms with van der Waals surface area (Å²) in [7, 11) is 0. The molecule has 0 bridgehead atoms. The molecule has 11 heteroatoms. The van der Waals surface area contributed by atoms with Crippen LogP contribution in [0.2, 0.25) is 0 Å². The molecule has 0 heterocycles. The van der Waals surface area contributed by atoms with Gasteiger partial charge in [0.15, 0.2) is 0 Å². The van der Waals surface area contributed by atoms with Crippen LogP contribution < -0.4 is 0 Å². The Morgan fingerprint density at radius 2 is 0.427 bits per heavy atom. The van der Waals surface area contributed by atoms with E-state index in [0.29, 0.717) is 33.4 Å². The van der Waals surface area contributed by atoms with Gasteiger partial charge in [-0.3, -0.25) is 0 Å². The van der Waals surface area contributed by atoms with Gasteiger partial charge in [0.2, 0.25) is 0 Å². The molecule has 0 radical (unpaired) electrons. The lowest BCUT2D eigenvalue weighted by Gasteiger charge is -2.29. The molecular weight excluding hydrogens is 1280 g/mol. The van der Waals surface area contributed by atoms with Crippen LogP contribution in [-0.2, 0) is 0 Å². The summed E-state index contributed by atoms with van der Waals surface area (Å²) in [6.07, 6.45) is 3.09. The van der Waals surface area contributed by atoms with E-state index in [1.807, 2.05) is 163 Å². The molecule has 0 aromatic heterocycles. The number of aromatic hydroxyl groups is 11. The van der Waals surface area contributed by atoms with Gasteiger partial charge in [0, 0.05) is 91.9 Å². The van der Waals surface area contributed by atoms with Crippen molar-refractivity contribution >= 4 is 0 Å². The van der Waals surface area contributed by atoms with E-state index in [1.54, 1.807) is 78.9 Å². The minimum absolute atomic E-state index is 0.00769. The average molecular weight is 1380 g/mol. The number of hydrogen-bond acceptors (Lipinski definition) is 11. The molecule has 11 aromatic rings. The Balaban J connectivity index is 0.893. The fourth-order valence-corrected chi connectivity index (χ4v) is 15.5. The molecule has 103 heavy (non-hydrogen) atoms. The highest BCUT2D eigenvalue weighted by Gasteiger charge is 2.31. The SMILES string of the molecule is CCC(CC(CC(CC)c1ccc(O)c(C(C)c2cc(C(C)c3ccc(O)c(C)c3)c(O)c(C(C)c3ccc(O)c(C(C)c4ccc(O)cc4)c3)c2)c1)c1ccc(O)cc1)c1ccc(O)c(C(C)c2ccc(O)c(C(C)c3cc(C(C)c4ccc(O)cc4)c(O)c(C(C)c4ccc(O)cc4)c3)c2)c1. The zero-order valence-corrected chi connectivity index (χ0v) is 60.8. The third kappa shape index (κ3) is 15.8. The quantitative estimate of drug-likeness (QED) is 0.0258. The van der Waals surface area contributed by atoms with E-state index in [-0.39, 0.29) is 128 Å². The summed E-state index contributed by atoms with van der Waals surface area (Å²) < 4.78 is 0. The van der Waals surface area contributed by atoms with Crippen LogP contribution in [0.4, 0.5) is 0 Å². The Bertz CT molecular complexity index is 4720. The normalized spacial score (nSPS) is 14.9. The molecule has 0 amide bonds. The second-order valence-corrected chi connectivity index (χ2v) is 28.9. The number of aryl methyl sites for hydroxylation is 1. The average Bonchev–Trinajstić information content (AvgIpc) is 0.777. The van der Waals surface area contributed by atoms with E-state index >= 15 is 0 Å².